The van der Waals surface area contributed by atoms with Crippen molar-refractivity contribution in [3.05, 3.63) is 66.2 Å². The van der Waals surface area contributed by atoms with E-state index in [0.29, 0.717) is 36.1 Å². The number of esters is 1. The first-order valence-electron chi connectivity index (χ1n) is 13.1. The number of likely N-dealkylation sites (tertiary alicyclic amines) is 1. The largest absolute Gasteiger partial charge is 0.426 e. The van der Waals surface area contributed by atoms with E-state index in [2.05, 4.69) is 10.2 Å². The van der Waals surface area contributed by atoms with Gasteiger partial charge in [-0.15, -0.1) is 0 Å². The normalized spacial score (nSPS) is 26.3. The average Bonchev–Trinajstić information content (AvgIpc) is 3.45. The number of fused-ring (bicyclic) bond motifs is 1. The lowest BCUT2D eigenvalue weighted by molar-refractivity contribution is -0.148. The Hall–Kier alpha value is -2.70. The number of carbonyl (C=O) groups excluding carboxylic acids is 2. The topological polar surface area (TPSA) is 78.9 Å². The molecule has 1 saturated heterocycles. The van der Waals surface area contributed by atoms with E-state index in [1.54, 1.807) is 12.1 Å². The molecule has 0 spiro atoms. The third kappa shape index (κ3) is 5.29. The van der Waals surface area contributed by atoms with Crippen LogP contribution in [0.1, 0.15) is 50.5 Å². The summed E-state index contributed by atoms with van der Waals surface area (Å²) in [5.74, 6) is 0.824. The molecule has 0 aromatic heterocycles. The number of hydrogen-bond donors (Lipinski definition) is 2. The second-order valence-corrected chi connectivity index (χ2v) is 10.4. The molecule has 1 amide bonds. The van der Waals surface area contributed by atoms with Crippen molar-refractivity contribution >= 4 is 11.9 Å². The van der Waals surface area contributed by atoms with Gasteiger partial charge in [-0.1, -0.05) is 74.2 Å². The number of amides is 1. The maximum atomic E-state index is 13.6. The summed E-state index contributed by atoms with van der Waals surface area (Å²) in [6, 6.07) is 18.7. The summed E-state index contributed by atoms with van der Waals surface area (Å²) >= 11 is 0. The van der Waals surface area contributed by atoms with Crippen LogP contribution in [-0.2, 0) is 15.2 Å². The Kier molecular flexibility index (Phi) is 7.21. The first-order chi connectivity index (χ1) is 17.1. The van der Waals surface area contributed by atoms with Crippen LogP contribution in [0.2, 0.25) is 0 Å². The van der Waals surface area contributed by atoms with Crippen molar-refractivity contribution in [3.8, 4) is 5.75 Å². The van der Waals surface area contributed by atoms with Crippen molar-refractivity contribution in [2.24, 2.45) is 17.8 Å². The van der Waals surface area contributed by atoms with Crippen LogP contribution < -0.4 is 10.1 Å². The number of rotatable bonds is 8. The molecule has 1 heterocycles. The first kappa shape index (κ1) is 24.0. The van der Waals surface area contributed by atoms with Crippen molar-refractivity contribution in [1.82, 2.24) is 10.2 Å². The zero-order valence-corrected chi connectivity index (χ0v) is 20.3. The van der Waals surface area contributed by atoms with Gasteiger partial charge in [-0.3, -0.25) is 9.59 Å². The van der Waals surface area contributed by atoms with Gasteiger partial charge in [-0.2, -0.15) is 0 Å². The maximum Gasteiger partial charge on any atom is 0.312 e. The number of carbonyl (C=O) groups is 2. The van der Waals surface area contributed by atoms with Gasteiger partial charge < -0.3 is 20.1 Å². The highest BCUT2D eigenvalue weighted by atomic mass is 16.5. The number of hydrogen-bond acceptors (Lipinski definition) is 5. The predicted molar refractivity (Wildman–Crippen MR) is 134 cm³/mol. The fourth-order valence-corrected chi connectivity index (χ4v) is 6.13. The van der Waals surface area contributed by atoms with E-state index in [0.717, 1.165) is 38.8 Å². The maximum absolute atomic E-state index is 13.6. The van der Waals surface area contributed by atoms with Crippen LogP contribution in [0.4, 0.5) is 0 Å². The monoisotopic (exact) mass is 476 g/mol. The summed E-state index contributed by atoms with van der Waals surface area (Å²) in [5.41, 5.74) is -0.780. The van der Waals surface area contributed by atoms with Crippen LogP contribution in [0.15, 0.2) is 60.7 Å². The lowest BCUT2D eigenvalue weighted by Crippen LogP contribution is -2.51. The van der Waals surface area contributed by atoms with Gasteiger partial charge in [0.2, 0.25) is 0 Å². The van der Waals surface area contributed by atoms with Gasteiger partial charge in [0.1, 0.15) is 5.75 Å². The van der Waals surface area contributed by atoms with E-state index in [9.17, 15) is 14.7 Å². The summed E-state index contributed by atoms with van der Waals surface area (Å²) in [6.07, 6.45) is 6.56. The van der Waals surface area contributed by atoms with E-state index in [4.69, 9.17) is 4.74 Å². The molecule has 2 unspecified atom stereocenters. The highest BCUT2D eigenvalue weighted by Crippen LogP contribution is 2.47. The second-order valence-electron chi connectivity index (χ2n) is 10.4. The quantitative estimate of drug-likeness (QED) is 0.343. The summed E-state index contributed by atoms with van der Waals surface area (Å²) < 4.78 is 5.38. The molecule has 35 heavy (non-hydrogen) atoms. The van der Waals surface area contributed by atoms with Crippen molar-refractivity contribution in [1.29, 1.82) is 0 Å². The van der Waals surface area contributed by atoms with Crippen LogP contribution in [-0.4, -0.2) is 47.6 Å². The first-order valence-corrected chi connectivity index (χ1v) is 13.1. The van der Waals surface area contributed by atoms with Crippen LogP contribution in [0.25, 0.3) is 0 Å². The molecule has 4 atom stereocenters. The summed E-state index contributed by atoms with van der Waals surface area (Å²) in [4.78, 5) is 28.0. The highest BCUT2D eigenvalue weighted by Gasteiger charge is 2.58. The summed E-state index contributed by atoms with van der Waals surface area (Å²) in [6.45, 7) is 2.39. The Labute approximate surface area is 207 Å². The number of nitrogens with zero attached hydrogens (tertiary/aromatic N) is 1. The Morgan fingerprint density at radius 3 is 2.14 bits per heavy atom. The number of piperidine rings is 1. The van der Waals surface area contributed by atoms with Crippen molar-refractivity contribution in [2.45, 2.75) is 56.6 Å². The SMILES string of the molecule is O=C(CCN1CC2[C@H](C1)[C@H]2NC(=O)C(O)(c1ccccc1)C1CCCCCC1)Oc1ccccc1. The highest BCUT2D eigenvalue weighted by molar-refractivity contribution is 5.87. The molecule has 3 fully saturated rings. The molecule has 2 aromatic carbocycles. The van der Waals surface area contributed by atoms with Crippen LogP contribution in [0.3, 0.4) is 0 Å². The molecule has 2 aromatic rings. The average molecular weight is 477 g/mol. The molecule has 3 aliphatic rings. The minimum absolute atomic E-state index is 0.0573. The van der Waals surface area contributed by atoms with Crippen molar-refractivity contribution in [3.63, 3.8) is 0 Å². The van der Waals surface area contributed by atoms with Gasteiger partial charge in [-0.05, 0) is 42.4 Å². The van der Waals surface area contributed by atoms with E-state index in [-0.39, 0.29) is 23.8 Å². The van der Waals surface area contributed by atoms with E-state index >= 15 is 0 Å². The standard InChI is InChI=1S/C29H36N2O4/c32-26(35-23-15-9-4-10-16-23)17-18-31-19-24-25(20-31)27(24)30-28(33)29(34,22-13-7-3-8-14-22)21-11-5-1-2-6-12-21/h3-4,7-10,13-16,21,24-25,27,34H,1-2,5-6,11-12,17-20H2,(H,30,33)/t24-,25?,27+,29?/m0/s1. The van der Waals surface area contributed by atoms with Gasteiger partial charge in [0.25, 0.3) is 5.91 Å². The Bertz CT molecular complexity index is 994. The van der Waals surface area contributed by atoms with Gasteiger partial charge in [-0.25, -0.2) is 0 Å². The number of aliphatic hydroxyl groups is 1. The minimum Gasteiger partial charge on any atom is -0.426 e. The lowest BCUT2D eigenvalue weighted by atomic mass is 9.76. The molecule has 6 heteroatoms. The van der Waals surface area contributed by atoms with Gasteiger partial charge in [0.05, 0.1) is 6.42 Å². The van der Waals surface area contributed by atoms with Crippen LogP contribution >= 0.6 is 0 Å². The zero-order chi connectivity index (χ0) is 24.3. The van der Waals surface area contributed by atoms with E-state index < -0.39 is 5.60 Å². The number of para-hydroxylation sites is 1. The zero-order valence-electron chi connectivity index (χ0n) is 20.3. The molecular formula is C29H36N2O4. The van der Waals surface area contributed by atoms with Gasteiger partial charge >= 0.3 is 5.97 Å². The fraction of sp³-hybridized carbons (Fsp3) is 0.517. The molecule has 6 nitrogen and oxygen atoms in total. The lowest BCUT2D eigenvalue weighted by Gasteiger charge is -2.35. The number of benzene rings is 2. The smallest absolute Gasteiger partial charge is 0.312 e. The third-order valence-corrected chi connectivity index (χ3v) is 8.18. The van der Waals surface area contributed by atoms with Crippen molar-refractivity contribution in [2.75, 3.05) is 19.6 Å². The molecule has 186 valence electrons. The molecule has 0 bridgehead atoms. The Balaban J connectivity index is 1.15. The van der Waals surface area contributed by atoms with Crippen LogP contribution in [0, 0.1) is 17.8 Å². The number of nitrogens with one attached hydrogen (secondary N) is 1. The third-order valence-electron chi connectivity index (χ3n) is 8.18. The summed E-state index contributed by atoms with van der Waals surface area (Å²) in [7, 11) is 0. The van der Waals surface area contributed by atoms with Crippen molar-refractivity contribution < 1.29 is 19.4 Å². The van der Waals surface area contributed by atoms with E-state index in [1.165, 1.54) is 12.8 Å². The number of ether oxygens (including phenoxy) is 1. The van der Waals surface area contributed by atoms with Crippen LogP contribution in [0.5, 0.6) is 5.75 Å². The molecule has 0 radical (unpaired) electrons. The molecule has 1 aliphatic heterocycles. The predicted octanol–water partition coefficient (Wildman–Crippen LogP) is 3.89. The second kappa shape index (κ2) is 10.5. The van der Waals surface area contributed by atoms with Gasteiger partial charge in [0.15, 0.2) is 5.60 Å². The Morgan fingerprint density at radius 2 is 1.51 bits per heavy atom. The van der Waals surface area contributed by atoms with E-state index in [1.807, 2.05) is 48.5 Å². The molecule has 2 N–H and O–H groups in total. The molecular weight excluding hydrogens is 440 g/mol. The Morgan fingerprint density at radius 1 is 0.914 bits per heavy atom. The minimum atomic E-state index is -1.48. The molecule has 2 aliphatic carbocycles. The molecule has 5 rings (SSSR count). The molecule has 2 saturated carbocycles. The fourth-order valence-electron chi connectivity index (χ4n) is 6.13. The summed E-state index contributed by atoms with van der Waals surface area (Å²) in [5, 5.41) is 15.1. The van der Waals surface area contributed by atoms with Gasteiger partial charge in [0, 0.05) is 31.6 Å².